The lowest BCUT2D eigenvalue weighted by Gasteiger charge is -2.39. The average molecular weight is 450 g/mol. The molecular formula is C23H32FN3O5. The normalized spacial score (nSPS) is 27.4. The van der Waals surface area contributed by atoms with Crippen LogP contribution in [0, 0.1) is 5.82 Å². The number of halogens is 1. The Morgan fingerprint density at radius 1 is 1.19 bits per heavy atom. The van der Waals surface area contributed by atoms with E-state index in [9.17, 15) is 19.1 Å². The van der Waals surface area contributed by atoms with Crippen LogP contribution in [0.25, 0.3) is 0 Å². The molecule has 4 rings (SSSR count). The van der Waals surface area contributed by atoms with Crippen LogP contribution in [-0.4, -0.2) is 65.7 Å². The third-order valence-corrected chi connectivity index (χ3v) is 6.44. The van der Waals surface area contributed by atoms with Crippen LogP contribution in [0.1, 0.15) is 52.4 Å². The Morgan fingerprint density at radius 3 is 2.56 bits per heavy atom. The molecule has 0 aromatic heterocycles. The van der Waals surface area contributed by atoms with Crippen LogP contribution in [0.3, 0.4) is 0 Å². The van der Waals surface area contributed by atoms with E-state index in [-0.39, 0.29) is 36.5 Å². The van der Waals surface area contributed by atoms with Crippen LogP contribution in [0.5, 0.6) is 0 Å². The van der Waals surface area contributed by atoms with Crippen molar-refractivity contribution in [2.75, 3.05) is 23.3 Å². The largest absolute Gasteiger partial charge is 0.447 e. The molecule has 2 N–H and O–H groups in total. The number of ether oxygens (including phenoxy) is 2. The van der Waals surface area contributed by atoms with Crippen LogP contribution < -0.4 is 10.2 Å². The minimum atomic E-state index is -0.628. The second-order valence-corrected chi connectivity index (χ2v) is 9.26. The Balaban J connectivity index is 1.35. The Kier molecular flexibility index (Phi) is 6.74. The molecule has 1 aromatic carbocycles. The predicted molar refractivity (Wildman–Crippen MR) is 117 cm³/mol. The molecule has 3 heterocycles. The van der Waals surface area contributed by atoms with Crippen molar-refractivity contribution in [3.8, 4) is 0 Å². The van der Waals surface area contributed by atoms with Crippen molar-refractivity contribution in [1.82, 2.24) is 4.90 Å². The minimum Gasteiger partial charge on any atom is -0.447 e. The van der Waals surface area contributed by atoms with Gasteiger partial charge in [0.15, 0.2) is 0 Å². The molecule has 2 amide bonds. The average Bonchev–Trinajstić information content (AvgIpc) is 2.99. The summed E-state index contributed by atoms with van der Waals surface area (Å²) in [5.41, 5.74) is 0.731. The van der Waals surface area contributed by atoms with Gasteiger partial charge in [-0.05, 0) is 70.6 Å². The van der Waals surface area contributed by atoms with Crippen molar-refractivity contribution >= 4 is 23.6 Å². The van der Waals surface area contributed by atoms with Gasteiger partial charge in [-0.3, -0.25) is 5.32 Å². The molecule has 2 bridgehead atoms. The second-order valence-electron chi connectivity index (χ2n) is 9.26. The second kappa shape index (κ2) is 9.52. The lowest BCUT2D eigenvalue weighted by Crippen LogP contribution is -2.50. The van der Waals surface area contributed by atoms with Crippen LogP contribution >= 0.6 is 0 Å². The summed E-state index contributed by atoms with van der Waals surface area (Å²) in [7, 11) is 0. The molecule has 3 aliphatic rings. The maximum absolute atomic E-state index is 14.8. The highest BCUT2D eigenvalue weighted by atomic mass is 19.1. The summed E-state index contributed by atoms with van der Waals surface area (Å²) in [6.45, 7) is 4.55. The standard InChI is InChI=1S/C23H32FN3O5/c1-14(2)31-22(29)25-15-5-8-21(20(24)10-15)26-9-3-4-19(13-26)32-23(30)27-16-6-7-17(27)12-18(28)11-16/h5,8,10,14,16-19,28H,3-4,6-7,9,11-13H2,1-2H3,(H,25,29). The van der Waals surface area contributed by atoms with Gasteiger partial charge >= 0.3 is 12.2 Å². The lowest BCUT2D eigenvalue weighted by atomic mass is 10.0. The lowest BCUT2D eigenvalue weighted by molar-refractivity contribution is 0.00639. The molecule has 3 unspecified atom stereocenters. The number of nitrogens with zero attached hydrogens (tertiary/aromatic N) is 2. The van der Waals surface area contributed by atoms with Gasteiger partial charge in [-0.1, -0.05) is 0 Å². The zero-order valence-corrected chi connectivity index (χ0v) is 18.6. The molecule has 9 heteroatoms. The van der Waals surface area contributed by atoms with Crippen molar-refractivity contribution in [2.24, 2.45) is 0 Å². The van der Waals surface area contributed by atoms with Gasteiger partial charge in [0.25, 0.3) is 0 Å². The number of fused-ring (bicyclic) bond motifs is 2. The molecule has 3 aliphatic heterocycles. The quantitative estimate of drug-likeness (QED) is 0.725. The van der Waals surface area contributed by atoms with E-state index in [1.807, 2.05) is 9.80 Å². The van der Waals surface area contributed by atoms with E-state index < -0.39 is 11.9 Å². The number of rotatable bonds is 4. The van der Waals surface area contributed by atoms with Gasteiger partial charge in [0.05, 0.1) is 24.4 Å². The number of nitrogens with one attached hydrogen (secondary N) is 1. The fourth-order valence-electron chi connectivity index (χ4n) is 5.11. The molecule has 0 radical (unpaired) electrons. The van der Waals surface area contributed by atoms with Crippen molar-refractivity contribution in [3.05, 3.63) is 24.0 Å². The summed E-state index contributed by atoms with van der Waals surface area (Å²) < 4.78 is 25.6. The van der Waals surface area contributed by atoms with Gasteiger partial charge < -0.3 is 24.4 Å². The summed E-state index contributed by atoms with van der Waals surface area (Å²) >= 11 is 0. The van der Waals surface area contributed by atoms with Crippen molar-refractivity contribution in [1.29, 1.82) is 0 Å². The Labute approximate surface area is 187 Å². The first kappa shape index (κ1) is 22.6. The number of anilines is 2. The van der Waals surface area contributed by atoms with Crippen molar-refractivity contribution in [3.63, 3.8) is 0 Å². The van der Waals surface area contributed by atoms with Crippen LogP contribution in [0.2, 0.25) is 0 Å². The molecule has 8 nitrogen and oxygen atoms in total. The molecule has 32 heavy (non-hydrogen) atoms. The third kappa shape index (κ3) is 5.09. The first-order valence-electron chi connectivity index (χ1n) is 11.5. The Bertz CT molecular complexity index is 837. The number of aliphatic hydroxyl groups excluding tert-OH is 1. The number of hydrogen-bond acceptors (Lipinski definition) is 6. The number of amides is 2. The number of aliphatic hydroxyl groups is 1. The summed E-state index contributed by atoms with van der Waals surface area (Å²) in [5, 5.41) is 12.5. The molecule has 176 valence electrons. The van der Waals surface area contributed by atoms with Gasteiger partial charge in [0.1, 0.15) is 11.9 Å². The van der Waals surface area contributed by atoms with Crippen LogP contribution in [-0.2, 0) is 9.47 Å². The highest BCUT2D eigenvalue weighted by Gasteiger charge is 2.44. The minimum absolute atomic E-state index is 0.0517. The molecule has 0 saturated carbocycles. The number of hydrogen-bond donors (Lipinski definition) is 2. The van der Waals surface area contributed by atoms with Gasteiger partial charge in [-0.15, -0.1) is 0 Å². The van der Waals surface area contributed by atoms with E-state index in [0.29, 0.717) is 37.3 Å². The third-order valence-electron chi connectivity index (χ3n) is 6.44. The predicted octanol–water partition coefficient (Wildman–Crippen LogP) is 3.88. The maximum atomic E-state index is 14.8. The van der Waals surface area contributed by atoms with E-state index in [1.165, 1.54) is 6.07 Å². The number of piperidine rings is 2. The summed E-state index contributed by atoms with van der Waals surface area (Å²) in [6.07, 6.45) is 2.68. The zero-order chi connectivity index (χ0) is 22.8. The van der Waals surface area contributed by atoms with Crippen molar-refractivity contribution in [2.45, 2.75) is 82.8 Å². The molecular weight excluding hydrogens is 417 g/mol. The first-order valence-corrected chi connectivity index (χ1v) is 11.5. The number of benzene rings is 1. The van der Waals surface area contributed by atoms with Gasteiger partial charge in [-0.2, -0.15) is 0 Å². The van der Waals surface area contributed by atoms with Gasteiger partial charge in [0, 0.05) is 24.3 Å². The van der Waals surface area contributed by atoms with Crippen LogP contribution in [0.4, 0.5) is 25.4 Å². The molecule has 1 aromatic rings. The topological polar surface area (TPSA) is 91.3 Å². The summed E-state index contributed by atoms with van der Waals surface area (Å²) in [6, 6.07) is 4.62. The van der Waals surface area contributed by atoms with E-state index in [0.717, 1.165) is 25.7 Å². The highest BCUT2D eigenvalue weighted by molar-refractivity contribution is 5.85. The summed E-state index contributed by atoms with van der Waals surface area (Å²) in [5.74, 6) is -0.456. The van der Waals surface area contributed by atoms with Crippen molar-refractivity contribution < 1.29 is 28.6 Å². The fourth-order valence-corrected chi connectivity index (χ4v) is 5.11. The Morgan fingerprint density at radius 2 is 1.91 bits per heavy atom. The monoisotopic (exact) mass is 449 g/mol. The molecule has 0 spiro atoms. The zero-order valence-electron chi connectivity index (χ0n) is 18.6. The van der Waals surface area contributed by atoms with E-state index in [1.54, 1.807) is 26.0 Å². The van der Waals surface area contributed by atoms with Gasteiger partial charge in [-0.25, -0.2) is 14.0 Å². The van der Waals surface area contributed by atoms with E-state index in [4.69, 9.17) is 9.47 Å². The highest BCUT2D eigenvalue weighted by Crippen LogP contribution is 2.36. The first-order chi connectivity index (χ1) is 15.3. The van der Waals surface area contributed by atoms with Gasteiger partial charge in [0.2, 0.25) is 0 Å². The fraction of sp³-hybridized carbons (Fsp3) is 0.652. The maximum Gasteiger partial charge on any atom is 0.411 e. The summed E-state index contributed by atoms with van der Waals surface area (Å²) in [4.78, 5) is 28.3. The molecule has 0 aliphatic carbocycles. The van der Waals surface area contributed by atoms with E-state index in [2.05, 4.69) is 5.32 Å². The number of carbonyl (C=O) groups is 2. The Hall–Kier alpha value is -2.55. The molecule has 3 fully saturated rings. The molecule has 3 atom stereocenters. The smallest absolute Gasteiger partial charge is 0.411 e. The van der Waals surface area contributed by atoms with Crippen LogP contribution in [0.15, 0.2) is 18.2 Å². The number of carbonyl (C=O) groups excluding carboxylic acids is 2. The van der Waals surface area contributed by atoms with E-state index >= 15 is 0 Å². The molecule has 3 saturated heterocycles. The SMILES string of the molecule is CC(C)OC(=O)Nc1ccc(N2CCCC(OC(=O)N3C4CCC3CC(O)C4)C2)c(F)c1.